The van der Waals surface area contributed by atoms with Crippen molar-refractivity contribution >= 4 is 11.6 Å². The number of hydrogen-bond acceptors (Lipinski definition) is 0. The first kappa shape index (κ1) is 10.8. The van der Waals surface area contributed by atoms with Crippen molar-refractivity contribution in [2.45, 2.75) is 25.2 Å². The molecular weight excluding hydrogens is 232 g/mol. The average Bonchev–Trinajstić information content (AvgIpc) is 2.39. The molecule has 4 heteroatoms. The molecular formula is C13H10F4. The van der Waals surface area contributed by atoms with Gasteiger partial charge in [-0.25, -0.2) is 0 Å². The molecule has 0 aromatic heterocycles. The van der Waals surface area contributed by atoms with Crippen LogP contribution in [0.25, 0.3) is 11.6 Å². The predicted octanol–water partition coefficient (Wildman–Crippen LogP) is 2.40. The molecule has 2 aliphatic rings. The minimum atomic E-state index is -4.08. The number of hydrogen-bond donors (Lipinski definition) is 0. The van der Waals surface area contributed by atoms with Crippen LogP contribution in [0.15, 0.2) is 18.2 Å². The second-order valence-corrected chi connectivity index (χ2v) is 4.75. The molecule has 0 fully saturated rings. The van der Waals surface area contributed by atoms with Crippen molar-refractivity contribution in [3.8, 4) is 0 Å². The van der Waals surface area contributed by atoms with Gasteiger partial charge in [-0.05, 0) is 22.8 Å². The normalized spacial score (nSPS) is 27.6. The van der Waals surface area contributed by atoms with Crippen LogP contribution in [0.4, 0.5) is 17.6 Å². The van der Waals surface area contributed by atoms with E-state index in [1.54, 1.807) is 19.1 Å². The Labute approximate surface area is 95.3 Å². The van der Waals surface area contributed by atoms with Gasteiger partial charge in [0.05, 0.1) is 0 Å². The molecule has 1 unspecified atom stereocenters. The summed E-state index contributed by atoms with van der Waals surface area (Å²) in [5.41, 5.74) is -0.929. The van der Waals surface area contributed by atoms with Crippen LogP contribution in [0.1, 0.15) is 18.9 Å². The highest BCUT2D eigenvalue weighted by Gasteiger charge is 2.64. The molecule has 0 saturated carbocycles. The molecule has 0 N–H and O–H groups in total. The standard InChI is InChI=1S/C13H10F4/c1-7-5-8-3-2-4-9-11(8)10(6-7)13(16,17)12(9,14)15/h2-5,7H,6H2,1H3. The minimum Gasteiger partial charge on any atom is -0.194 e. The summed E-state index contributed by atoms with van der Waals surface area (Å²) in [6.07, 6.45) is 1.78. The van der Waals surface area contributed by atoms with Gasteiger partial charge in [-0.15, -0.1) is 0 Å². The number of alkyl halides is 4. The second kappa shape index (κ2) is 2.92. The van der Waals surface area contributed by atoms with E-state index in [0.29, 0.717) is 5.22 Å². The van der Waals surface area contributed by atoms with Crippen molar-refractivity contribution in [1.29, 1.82) is 0 Å². The third kappa shape index (κ3) is 1.13. The Morgan fingerprint density at radius 3 is 2.53 bits per heavy atom. The molecule has 0 spiro atoms. The van der Waals surface area contributed by atoms with Crippen LogP contribution in [-0.4, -0.2) is 5.92 Å². The highest BCUT2D eigenvalue weighted by Crippen LogP contribution is 2.51. The lowest BCUT2D eigenvalue weighted by atomic mass is 9.92. The van der Waals surface area contributed by atoms with E-state index in [1.807, 2.05) is 0 Å². The van der Waals surface area contributed by atoms with Crippen LogP contribution < -0.4 is 10.4 Å². The molecule has 17 heavy (non-hydrogen) atoms. The highest BCUT2D eigenvalue weighted by atomic mass is 19.3. The molecule has 1 atom stereocenters. The highest BCUT2D eigenvalue weighted by molar-refractivity contribution is 5.66. The maximum atomic E-state index is 13.8. The Balaban J connectivity index is 2.49. The van der Waals surface area contributed by atoms with Gasteiger partial charge in [0.25, 0.3) is 0 Å². The zero-order valence-corrected chi connectivity index (χ0v) is 9.11. The Bertz CT molecular complexity index is 613. The third-order valence-corrected chi connectivity index (χ3v) is 3.50. The summed E-state index contributed by atoms with van der Waals surface area (Å²) in [4.78, 5) is 0. The van der Waals surface area contributed by atoms with Crippen LogP contribution in [-0.2, 0) is 5.92 Å². The average molecular weight is 242 g/mol. The topological polar surface area (TPSA) is 0 Å². The zero-order valence-electron chi connectivity index (χ0n) is 9.11. The maximum Gasteiger partial charge on any atom is 0.340 e. The second-order valence-electron chi connectivity index (χ2n) is 4.75. The Kier molecular flexibility index (Phi) is 1.86. The molecule has 1 aromatic rings. The number of benzene rings is 1. The SMILES string of the molecule is CC1C=c2cccc3c2=C(C1)C(F)(F)C3(F)F. The third-order valence-electron chi connectivity index (χ3n) is 3.50. The first-order valence-electron chi connectivity index (χ1n) is 5.46. The smallest absolute Gasteiger partial charge is 0.194 e. The molecule has 0 amide bonds. The summed E-state index contributed by atoms with van der Waals surface area (Å²) in [7, 11) is 0. The van der Waals surface area contributed by atoms with Crippen LogP contribution in [0, 0.1) is 5.92 Å². The monoisotopic (exact) mass is 242 g/mol. The molecule has 0 heterocycles. The Morgan fingerprint density at radius 1 is 1.12 bits per heavy atom. The quantitative estimate of drug-likeness (QED) is 0.613. The molecule has 1 aromatic carbocycles. The molecule has 3 rings (SSSR count). The summed E-state index contributed by atoms with van der Waals surface area (Å²) in [6.45, 7) is 1.76. The lowest BCUT2D eigenvalue weighted by Crippen LogP contribution is -2.35. The van der Waals surface area contributed by atoms with Gasteiger partial charge in [0.2, 0.25) is 0 Å². The van der Waals surface area contributed by atoms with Crippen molar-refractivity contribution in [2.24, 2.45) is 5.92 Å². The lowest BCUT2D eigenvalue weighted by Gasteiger charge is -2.24. The van der Waals surface area contributed by atoms with Gasteiger partial charge in [-0.2, -0.15) is 17.6 Å². The summed E-state index contributed by atoms with van der Waals surface area (Å²) in [6, 6.07) is 4.13. The van der Waals surface area contributed by atoms with E-state index in [2.05, 4.69) is 0 Å². The van der Waals surface area contributed by atoms with Crippen LogP contribution in [0.3, 0.4) is 0 Å². The van der Waals surface area contributed by atoms with Crippen molar-refractivity contribution in [3.63, 3.8) is 0 Å². The Morgan fingerprint density at radius 2 is 1.82 bits per heavy atom. The van der Waals surface area contributed by atoms with Gasteiger partial charge in [0.15, 0.2) is 0 Å². The minimum absolute atomic E-state index is 0.00655. The van der Waals surface area contributed by atoms with Crippen molar-refractivity contribution in [1.82, 2.24) is 0 Å². The summed E-state index contributed by atoms with van der Waals surface area (Å²) >= 11 is 0. The molecule has 0 aliphatic heterocycles. The van der Waals surface area contributed by atoms with Gasteiger partial charge in [-0.1, -0.05) is 31.2 Å². The molecule has 0 radical (unpaired) electrons. The largest absolute Gasteiger partial charge is 0.340 e. The lowest BCUT2D eigenvalue weighted by molar-refractivity contribution is -0.176. The zero-order chi connectivity index (χ0) is 12.4. The van der Waals surface area contributed by atoms with E-state index in [9.17, 15) is 17.6 Å². The maximum absolute atomic E-state index is 13.8. The summed E-state index contributed by atoms with van der Waals surface area (Å²) in [5.74, 6) is -8.26. The van der Waals surface area contributed by atoms with Gasteiger partial charge >= 0.3 is 11.8 Å². The predicted molar refractivity (Wildman–Crippen MR) is 56.2 cm³/mol. The first-order chi connectivity index (χ1) is 7.85. The van der Waals surface area contributed by atoms with Crippen molar-refractivity contribution in [3.05, 3.63) is 34.2 Å². The fraction of sp³-hybridized carbons (Fsp3) is 0.385. The van der Waals surface area contributed by atoms with E-state index in [4.69, 9.17) is 0 Å². The van der Waals surface area contributed by atoms with Gasteiger partial charge in [0.1, 0.15) is 0 Å². The van der Waals surface area contributed by atoms with Crippen LogP contribution in [0.5, 0.6) is 0 Å². The first-order valence-corrected chi connectivity index (χ1v) is 5.46. The van der Waals surface area contributed by atoms with E-state index >= 15 is 0 Å². The van der Waals surface area contributed by atoms with E-state index in [1.165, 1.54) is 6.07 Å². The van der Waals surface area contributed by atoms with E-state index in [-0.39, 0.29) is 17.6 Å². The fourth-order valence-electron chi connectivity index (χ4n) is 2.74. The van der Waals surface area contributed by atoms with E-state index in [0.717, 1.165) is 6.07 Å². The van der Waals surface area contributed by atoms with Crippen molar-refractivity contribution < 1.29 is 17.6 Å². The molecule has 2 aliphatic carbocycles. The van der Waals surface area contributed by atoms with Gasteiger partial charge in [-0.3, -0.25) is 0 Å². The molecule has 0 bridgehead atoms. The summed E-state index contributed by atoms with van der Waals surface area (Å²) in [5, 5.41) is 0.578. The number of halogens is 4. The van der Waals surface area contributed by atoms with Gasteiger partial charge < -0.3 is 0 Å². The van der Waals surface area contributed by atoms with Crippen LogP contribution >= 0.6 is 0 Å². The fourth-order valence-corrected chi connectivity index (χ4v) is 2.74. The van der Waals surface area contributed by atoms with Crippen LogP contribution in [0.2, 0.25) is 0 Å². The molecule has 0 nitrogen and oxygen atoms in total. The van der Waals surface area contributed by atoms with E-state index < -0.39 is 23.0 Å². The summed E-state index contributed by atoms with van der Waals surface area (Å²) < 4.78 is 54.9. The number of rotatable bonds is 0. The Hall–Kier alpha value is -1.32. The molecule has 0 saturated heterocycles. The van der Waals surface area contributed by atoms with Crippen molar-refractivity contribution in [2.75, 3.05) is 0 Å². The van der Waals surface area contributed by atoms with Gasteiger partial charge in [0, 0.05) is 11.1 Å². The molecule has 90 valence electrons.